The number of fused-ring (bicyclic) bond motifs is 3. The van der Waals surface area contributed by atoms with Gasteiger partial charge >= 0.3 is 6.09 Å². The van der Waals surface area contributed by atoms with E-state index >= 15 is 0 Å². The maximum atomic E-state index is 12.4. The van der Waals surface area contributed by atoms with Gasteiger partial charge in [-0.1, -0.05) is 18.2 Å². The highest BCUT2D eigenvalue weighted by Gasteiger charge is 2.16. The highest BCUT2D eigenvalue weighted by molar-refractivity contribution is 5.85. The molecule has 0 radical (unpaired) electrons. The number of carbonyl (C=O) groups excluding carboxylic acids is 1. The minimum Gasteiger partial charge on any atom is -0.496 e. The summed E-state index contributed by atoms with van der Waals surface area (Å²) < 4.78 is 14.7. The predicted octanol–water partition coefficient (Wildman–Crippen LogP) is 4.53. The summed E-state index contributed by atoms with van der Waals surface area (Å²) in [5, 5.41) is 7.25. The summed E-state index contributed by atoms with van der Waals surface area (Å²) in [6, 6.07) is 15.5. The normalized spacial score (nSPS) is 13.1. The van der Waals surface area contributed by atoms with Crippen LogP contribution in [-0.4, -0.2) is 32.5 Å². The number of hydrogen-bond donors (Lipinski definition) is 1. The van der Waals surface area contributed by atoms with E-state index in [0.29, 0.717) is 11.5 Å². The number of nitrogens with one attached hydrogen (secondary N) is 1. The Kier molecular flexibility index (Phi) is 5.26. The van der Waals surface area contributed by atoms with Crippen LogP contribution in [0.1, 0.15) is 24.2 Å². The first-order chi connectivity index (χ1) is 15.6. The van der Waals surface area contributed by atoms with Crippen molar-refractivity contribution in [3.63, 3.8) is 0 Å². The lowest BCUT2D eigenvalue weighted by Gasteiger charge is -2.13. The molecule has 1 amide bonds. The van der Waals surface area contributed by atoms with Crippen LogP contribution in [0.5, 0.6) is 5.75 Å². The highest BCUT2D eigenvalue weighted by Crippen LogP contribution is 2.30. The SMILES string of the molecule is COc1ccccc1-c1cc(NC(=O)OCc2ccc3c(c2)nc2n3CCCC2)n(C)n1. The number of nitrogens with zero attached hydrogens (tertiary/aromatic N) is 4. The van der Waals surface area contributed by atoms with Crippen LogP contribution in [0.4, 0.5) is 10.6 Å². The molecule has 2 aromatic carbocycles. The third-order valence-corrected chi connectivity index (χ3v) is 5.79. The third kappa shape index (κ3) is 3.79. The van der Waals surface area contributed by atoms with Gasteiger partial charge < -0.3 is 14.0 Å². The van der Waals surface area contributed by atoms with Crippen molar-refractivity contribution in [2.24, 2.45) is 7.05 Å². The van der Waals surface area contributed by atoms with Gasteiger partial charge in [-0.2, -0.15) is 5.10 Å². The topological polar surface area (TPSA) is 83.2 Å². The first-order valence-corrected chi connectivity index (χ1v) is 10.7. The molecule has 32 heavy (non-hydrogen) atoms. The van der Waals surface area contributed by atoms with E-state index in [0.717, 1.165) is 46.7 Å². The molecule has 2 aromatic heterocycles. The molecule has 0 saturated heterocycles. The second-order valence-corrected chi connectivity index (χ2v) is 7.90. The van der Waals surface area contributed by atoms with Crippen LogP contribution in [0.25, 0.3) is 22.3 Å². The van der Waals surface area contributed by atoms with Crippen LogP contribution in [0.3, 0.4) is 0 Å². The van der Waals surface area contributed by atoms with Crippen molar-refractivity contribution in [3.8, 4) is 17.0 Å². The zero-order valence-electron chi connectivity index (χ0n) is 18.2. The molecule has 0 spiro atoms. The summed E-state index contributed by atoms with van der Waals surface area (Å²) in [6.07, 6.45) is 2.86. The monoisotopic (exact) mass is 431 g/mol. The number of rotatable bonds is 5. The van der Waals surface area contributed by atoms with Crippen LogP contribution < -0.4 is 10.1 Å². The van der Waals surface area contributed by atoms with Crippen molar-refractivity contribution in [1.29, 1.82) is 0 Å². The van der Waals surface area contributed by atoms with E-state index in [1.54, 1.807) is 24.9 Å². The highest BCUT2D eigenvalue weighted by atomic mass is 16.5. The van der Waals surface area contributed by atoms with Gasteiger partial charge in [0.25, 0.3) is 0 Å². The minimum atomic E-state index is -0.538. The van der Waals surface area contributed by atoms with Gasteiger partial charge in [-0.25, -0.2) is 9.78 Å². The molecule has 0 bridgehead atoms. The van der Waals surface area contributed by atoms with E-state index in [-0.39, 0.29) is 6.61 Å². The van der Waals surface area contributed by atoms with E-state index in [4.69, 9.17) is 14.5 Å². The molecule has 0 fully saturated rings. The number of imidazole rings is 1. The molecule has 8 heteroatoms. The molecular weight excluding hydrogens is 406 g/mol. The van der Waals surface area contributed by atoms with Gasteiger partial charge in [0, 0.05) is 31.6 Å². The molecule has 8 nitrogen and oxygen atoms in total. The Hall–Kier alpha value is -3.81. The summed E-state index contributed by atoms with van der Waals surface area (Å²) >= 11 is 0. The Balaban J connectivity index is 1.26. The smallest absolute Gasteiger partial charge is 0.413 e. The van der Waals surface area contributed by atoms with E-state index < -0.39 is 6.09 Å². The average molecular weight is 431 g/mol. The second kappa shape index (κ2) is 8.37. The lowest BCUT2D eigenvalue weighted by molar-refractivity contribution is 0.155. The fourth-order valence-electron chi connectivity index (χ4n) is 4.17. The Bertz CT molecular complexity index is 1290. The van der Waals surface area contributed by atoms with Gasteiger partial charge in [-0.15, -0.1) is 0 Å². The second-order valence-electron chi connectivity index (χ2n) is 7.90. The van der Waals surface area contributed by atoms with Gasteiger partial charge in [0.05, 0.1) is 23.8 Å². The number of aromatic nitrogens is 4. The fraction of sp³-hybridized carbons (Fsp3) is 0.292. The number of hydrogen-bond acceptors (Lipinski definition) is 5. The number of aryl methyl sites for hydroxylation is 3. The molecule has 0 atom stereocenters. The molecule has 0 aliphatic carbocycles. The fourth-order valence-corrected chi connectivity index (χ4v) is 4.17. The van der Waals surface area contributed by atoms with E-state index in [1.165, 1.54) is 12.8 Å². The van der Waals surface area contributed by atoms with Crippen LogP contribution in [0.15, 0.2) is 48.5 Å². The van der Waals surface area contributed by atoms with Crippen LogP contribution in [0.2, 0.25) is 0 Å². The Labute approximate surface area is 185 Å². The molecule has 1 aliphatic heterocycles. The number of methoxy groups -OCH3 is 1. The lowest BCUT2D eigenvalue weighted by atomic mass is 10.1. The molecule has 0 saturated carbocycles. The number of carbonyl (C=O) groups is 1. The first-order valence-electron chi connectivity index (χ1n) is 10.7. The summed E-state index contributed by atoms with van der Waals surface area (Å²) in [5.41, 5.74) is 4.56. The van der Waals surface area contributed by atoms with E-state index in [9.17, 15) is 4.79 Å². The molecule has 1 N–H and O–H groups in total. The van der Waals surface area contributed by atoms with Gasteiger partial charge in [-0.05, 0) is 42.7 Å². The molecular formula is C24H25N5O3. The summed E-state index contributed by atoms with van der Waals surface area (Å²) in [7, 11) is 3.39. The van der Waals surface area contributed by atoms with Gasteiger partial charge in [0.2, 0.25) is 0 Å². The summed E-state index contributed by atoms with van der Waals surface area (Å²) in [4.78, 5) is 17.2. The number of para-hydroxylation sites is 1. The first kappa shape index (κ1) is 20.1. The maximum Gasteiger partial charge on any atom is 0.413 e. The maximum absolute atomic E-state index is 12.4. The summed E-state index contributed by atoms with van der Waals surface area (Å²) in [5.74, 6) is 2.40. The third-order valence-electron chi connectivity index (χ3n) is 5.79. The Morgan fingerprint density at radius 1 is 1.16 bits per heavy atom. The van der Waals surface area contributed by atoms with Gasteiger partial charge in [0.1, 0.15) is 24.0 Å². The number of amides is 1. The minimum absolute atomic E-state index is 0.168. The van der Waals surface area contributed by atoms with Crippen molar-refractivity contribution in [1.82, 2.24) is 19.3 Å². The Morgan fingerprint density at radius 2 is 2.03 bits per heavy atom. The predicted molar refractivity (Wildman–Crippen MR) is 122 cm³/mol. The number of benzene rings is 2. The van der Waals surface area contributed by atoms with Crippen LogP contribution in [-0.2, 0) is 31.4 Å². The zero-order valence-corrected chi connectivity index (χ0v) is 18.2. The largest absolute Gasteiger partial charge is 0.496 e. The van der Waals surface area contributed by atoms with E-state index in [1.807, 2.05) is 36.4 Å². The summed E-state index contributed by atoms with van der Waals surface area (Å²) in [6.45, 7) is 1.19. The van der Waals surface area contributed by atoms with Crippen molar-refractivity contribution < 1.29 is 14.3 Å². The molecule has 3 heterocycles. The quantitative estimate of drug-likeness (QED) is 0.502. The van der Waals surface area contributed by atoms with Crippen molar-refractivity contribution >= 4 is 22.9 Å². The van der Waals surface area contributed by atoms with Crippen LogP contribution in [0, 0.1) is 0 Å². The van der Waals surface area contributed by atoms with Crippen molar-refractivity contribution in [2.45, 2.75) is 32.4 Å². The lowest BCUT2D eigenvalue weighted by Crippen LogP contribution is -2.15. The molecule has 0 unspecified atom stereocenters. The molecule has 4 aromatic rings. The van der Waals surface area contributed by atoms with E-state index in [2.05, 4.69) is 21.0 Å². The van der Waals surface area contributed by atoms with Gasteiger partial charge in [-0.3, -0.25) is 10.00 Å². The average Bonchev–Trinajstić information content (AvgIpc) is 3.37. The zero-order chi connectivity index (χ0) is 22.1. The standard InChI is InChI=1S/C24H25N5O3/c1-28-23(14-18(27-28)17-7-3-4-8-21(17)31-2)26-24(30)32-15-16-10-11-20-19(13-16)25-22-9-5-6-12-29(20)22/h3-4,7-8,10-11,13-14H,5-6,9,12,15H2,1-2H3,(H,26,30). The van der Waals surface area contributed by atoms with Crippen molar-refractivity contribution in [3.05, 3.63) is 59.9 Å². The van der Waals surface area contributed by atoms with Gasteiger partial charge in [0.15, 0.2) is 0 Å². The molecule has 1 aliphatic rings. The number of ether oxygens (including phenoxy) is 2. The Morgan fingerprint density at radius 3 is 2.91 bits per heavy atom. The number of anilines is 1. The molecule has 5 rings (SSSR count). The van der Waals surface area contributed by atoms with Crippen molar-refractivity contribution in [2.75, 3.05) is 12.4 Å². The van der Waals surface area contributed by atoms with Crippen LogP contribution >= 0.6 is 0 Å². The molecule has 164 valence electrons.